The van der Waals surface area contributed by atoms with Gasteiger partial charge in [-0.05, 0) is 31.0 Å². The fourth-order valence-electron chi connectivity index (χ4n) is 4.48. The summed E-state index contributed by atoms with van der Waals surface area (Å²) in [5.41, 5.74) is -0.395. The number of pyridine rings is 1. The SMILES string of the molecule is COc1cc2nn(C3CCN(C4CNC4)CC3)cc2cc1NC(=O)c1cccc(C(F)(F)F)n1. The van der Waals surface area contributed by atoms with Gasteiger partial charge in [-0.3, -0.25) is 14.4 Å². The number of alkyl halides is 3. The predicted molar refractivity (Wildman–Crippen MR) is 120 cm³/mol. The first-order valence-corrected chi connectivity index (χ1v) is 11.2. The van der Waals surface area contributed by atoms with Crippen LogP contribution >= 0.6 is 0 Å². The van der Waals surface area contributed by atoms with Crippen LogP contribution in [0.3, 0.4) is 0 Å². The zero-order valence-electron chi connectivity index (χ0n) is 18.6. The van der Waals surface area contributed by atoms with Crippen molar-refractivity contribution in [1.82, 2.24) is 25.0 Å². The minimum absolute atomic E-state index is 0.287. The largest absolute Gasteiger partial charge is 0.494 e. The van der Waals surface area contributed by atoms with Gasteiger partial charge < -0.3 is 15.4 Å². The first-order chi connectivity index (χ1) is 16.3. The maximum atomic E-state index is 13.0. The van der Waals surface area contributed by atoms with E-state index in [0.717, 1.165) is 62.1 Å². The summed E-state index contributed by atoms with van der Waals surface area (Å²) in [6, 6.07) is 7.58. The lowest BCUT2D eigenvalue weighted by molar-refractivity contribution is -0.141. The van der Waals surface area contributed by atoms with Gasteiger partial charge in [0.25, 0.3) is 5.91 Å². The Morgan fingerprint density at radius 3 is 2.59 bits per heavy atom. The highest BCUT2D eigenvalue weighted by Crippen LogP contribution is 2.33. The van der Waals surface area contributed by atoms with Gasteiger partial charge in [-0.1, -0.05) is 6.07 Å². The molecule has 0 saturated carbocycles. The van der Waals surface area contributed by atoms with Crippen molar-refractivity contribution in [2.45, 2.75) is 31.1 Å². The van der Waals surface area contributed by atoms with E-state index in [4.69, 9.17) is 9.84 Å². The van der Waals surface area contributed by atoms with Crippen molar-refractivity contribution in [1.29, 1.82) is 0 Å². The van der Waals surface area contributed by atoms with Gasteiger partial charge in [0.15, 0.2) is 0 Å². The van der Waals surface area contributed by atoms with Gasteiger partial charge in [-0.25, -0.2) is 4.98 Å². The number of amides is 1. The molecular formula is C23H25F3N6O2. The van der Waals surface area contributed by atoms with Crippen LogP contribution in [0.4, 0.5) is 18.9 Å². The van der Waals surface area contributed by atoms with E-state index in [1.165, 1.54) is 13.2 Å². The predicted octanol–water partition coefficient (Wildman–Crippen LogP) is 3.32. The normalized spacial score (nSPS) is 18.1. The Kier molecular flexibility index (Phi) is 5.90. The molecule has 0 unspecified atom stereocenters. The summed E-state index contributed by atoms with van der Waals surface area (Å²) >= 11 is 0. The molecule has 1 aromatic carbocycles. The molecule has 3 aromatic rings. The summed E-state index contributed by atoms with van der Waals surface area (Å²) in [5, 5.41) is 11.5. The fraction of sp³-hybridized carbons (Fsp3) is 0.435. The summed E-state index contributed by atoms with van der Waals surface area (Å²) in [6.45, 7) is 4.17. The lowest BCUT2D eigenvalue weighted by Gasteiger charge is -2.42. The Balaban J connectivity index is 1.34. The molecule has 11 heteroatoms. The molecule has 0 radical (unpaired) electrons. The number of hydrogen-bond donors (Lipinski definition) is 2. The Morgan fingerprint density at radius 1 is 1.18 bits per heavy atom. The third-order valence-corrected chi connectivity index (χ3v) is 6.51. The van der Waals surface area contributed by atoms with Crippen LogP contribution in [0.5, 0.6) is 5.75 Å². The second-order valence-electron chi connectivity index (χ2n) is 8.66. The first kappa shape index (κ1) is 22.6. The molecule has 180 valence electrons. The van der Waals surface area contributed by atoms with E-state index in [0.29, 0.717) is 17.5 Å². The summed E-state index contributed by atoms with van der Waals surface area (Å²) < 4.78 is 46.3. The van der Waals surface area contributed by atoms with Gasteiger partial charge in [0.05, 0.1) is 24.4 Å². The number of ether oxygens (including phenoxy) is 1. The number of rotatable bonds is 5. The third kappa shape index (κ3) is 4.45. The number of carbonyl (C=O) groups excluding carboxylic acids is 1. The Morgan fingerprint density at radius 2 is 1.94 bits per heavy atom. The number of methoxy groups -OCH3 is 1. The van der Waals surface area contributed by atoms with E-state index < -0.39 is 17.8 Å². The topological polar surface area (TPSA) is 84.3 Å². The van der Waals surface area contributed by atoms with Crippen LogP contribution < -0.4 is 15.4 Å². The molecule has 0 aliphatic carbocycles. The second-order valence-corrected chi connectivity index (χ2v) is 8.66. The fourth-order valence-corrected chi connectivity index (χ4v) is 4.48. The van der Waals surface area contributed by atoms with Gasteiger partial charge in [0, 0.05) is 49.9 Å². The van der Waals surface area contributed by atoms with E-state index in [9.17, 15) is 18.0 Å². The number of piperidine rings is 1. The first-order valence-electron chi connectivity index (χ1n) is 11.2. The minimum Gasteiger partial charge on any atom is -0.494 e. The summed E-state index contributed by atoms with van der Waals surface area (Å²) in [7, 11) is 1.46. The lowest BCUT2D eigenvalue weighted by atomic mass is 10.0. The van der Waals surface area contributed by atoms with Crippen molar-refractivity contribution in [2.24, 2.45) is 0 Å². The van der Waals surface area contributed by atoms with E-state index in [1.54, 1.807) is 12.1 Å². The molecule has 1 amide bonds. The molecule has 34 heavy (non-hydrogen) atoms. The average molecular weight is 474 g/mol. The molecular weight excluding hydrogens is 449 g/mol. The van der Waals surface area contributed by atoms with Crippen molar-refractivity contribution in [2.75, 3.05) is 38.6 Å². The van der Waals surface area contributed by atoms with Crippen LogP contribution in [-0.2, 0) is 6.18 Å². The van der Waals surface area contributed by atoms with Gasteiger partial charge in [-0.15, -0.1) is 0 Å². The number of hydrogen-bond acceptors (Lipinski definition) is 6. The Hall–Kier alpha value is -3.18. The Labute approximate surface area is 194 Å². The maximum Gasteiger partial charge on any atom is 0.433 e. The van der Waals surface area contributed by atoms with Crippen LogP contribution in [0.2, 0.25) is 0 Å². The number of carbonyl (C=O) groups is 1. The van der Waals surface area contributed by atoms with Gasteiger partial charge in [0.1, 0.15) is 17.1 Å². The molecule has 4 heterocycles. The van der Waals surface area contributed by atoms with Crippen molar-refractivity contribution < 1.29 is 22.7 Å². The molecule has 2 saturated heterocycles. The number of benzene rings is 1. The third-order valence-electron chi connectivity index (χ3n) is 6.51. The molecule has 0 bridgehead atoms. The lowest BCUT2D eigenvalue weighted by Crippen LogP contribution is -2.58. The second kappa shape index (κ2) is 8.88. The van der Waals surface area contributed by atoms with Crippen molar-refractivity contribution in [3.63, 3.8) is 0 Å². The minimum atomic E-state index is -4.63. The van der Waals surface area contributed by atoms with Gasteiger partial charge in [0.2, 0.25) is 0 Å². The van der Waals surface area contributed by atoms with Gasteiger partial charge >= 0.3 is 6.18 Å². The molecule has 8 nitrogen and oxygen atoms in total. The van der Waals surface area contributed by atoms with Crippen molar-refractivity contribution in [3.8, 4) is 5.75 Å². The number of aromatic nitrogens is 3. The number of nitrogens with one attached hydrogen (secondary N) is 2. The summed E-state index contributed by atoms with van der Waals surface area (Å²) in [4.78, 5) is 18.6. The maximum absolute atomic E-state index is 13.0. The highest BCUT2D eigenvalue weighted by Gasteiger charge is 2.33. The van der Waals surface area contributed by atoms with Crippen LogP contribution in [-0.4, -0.2) is 64.9 Å². The van der Waals surface area contributed by atoms with E-state index >= 15 is 0 Å². The Bertz CT molecular complexity index is 1200. The van der Waals surface area contributed by atoms with E-state index in [1.807, 2.05) is 10.9 Å². The number of halogens is 3. The highest BCUT2D eigenvalue weighted by molar-refractivity contribution is 6.05. The summed E-state index contributed by atoms with van der Waals surface area (Å²) in [5.74, 6) is -0.389. The zero-order chi connectivity index (χ0) is 23.9. The standard InChI is InChI=1S/C23H25F3N6O2/c1-34-20-10-18-14(13-32(30-18)15-5-7-31(8-6-15)16-11-27-12-16)9-19(20)29-22(33)17-3-2-4-21(28-17)23(24,25)26/h2-4,9-10,13,15-16,27H,5-8,11-12H2,1H3,(H,29,33). The van der Waals surface area contributed by atoms with Crippen LogP contribution in [0.15, 0.2) is 36.5 Å². The average Bonchev–Trinajstić information content (AvgIpc) is 3.20. The van der Waals surface area contributed by atoms with Crippen LogP contribution in [0.1, 0.15) is 35.1 Å². The van der Waals surface area contributed by atoms with Crippen LogP contribution in [0, 0.1) is 0 Å². The van der Waals surface area contributed by atoms with E-state index in [2.05, 4.69) is 20.5 Å². The monoisotopic (exact) mass is 474 g/mol. The molecule has 2 aromatic heterocycles. The molecule has 0 atom stereocenters. The summed E-state index contributed by atoms with van der Waals surface area (Å²) in [6.07, 6.45) is -0.677. The highest BCUT2D eigenvalue weighted by atomic mass is 19.4. The number of nitrogens with zero attached hydrogens (tertiary/aromatic N) is 4. The van der Waals surface area contributed by atoms with Crippen molar-refractivity contribution in [3.05, 3.63) is 47.9 Å². The zero-order valence-corrected chi connectivity index (χ0v) is 18.6. The number of likely N-dealkylation sites (tertiary alicyclic amines) is 1. The molecule has 2 fully saturated rings. The smallest absolute Gasteiger partial charge is 0.433 e. The molecule has 2 aliphatic heterocycles. The van der Waals surface area contributed by atoms with Gasteiger partial charge in [-0.2, -0.15) is 18.3 Å². The van der Waals surface area contributed by atoms with Crippen molar-refractivity contribution >= 4 is 22.5 Å². The quantitative estimate of drug-likeness (QED) is 0.590. The molecule has 2 N–H and O–H groups in total. The molecule has 2 aliphatic rings. The van der Waals surface area contributed by atoms with E-state index in [-0.39, 0.29) is 11.7 Å². The number of anilines is 1. The van der Waals surface area contributed by atoms with Crippen LogP contribution in [0.25, 0.3) is 10.9 Å². The molecule has 0 spiro atoms. The molecule has 5 rings (SSSR count). The number of fused-ring (bicyclic) bond motifs is 1.